The molecule has 1 N–H and O–H groups in total. The number of hydrogen-bond donors (Lipinski definition) is 1. The molecule has 0 unspecified atom stereocenters. The van der Waals surface area contributed by atoms with E-state index in [1.807, 2.05) is 0 Å². The standard InChI is InChI=1S/C19H23FN2O4S/c1-25-18-13-16(12-17(20)14-18)15-2-4-19(5-3-15)27(23,24)21-6-7-22-8-10-26-11-9-22/h2-5,12-14,21H,6-11H2,1H3. The lowest BCUT2D eigenvalue weighted by molar-refractivity contribution is 0.0390. The second-order valence-corrected chi connectivity index (χ2v) is 8.02. The van der Waals surface area contributed by atoms with Gasteiger partial charge < -0.3 is 9.47 Å². The zero-order valence-electron chi connectivity index (χ0n) is 15.2. The minimum absolute atomic E-state index is 0.177. The van der Waals surface area contributed by atoms with E-state index in [0.717, 1.165) is 13.1 Å². The number of methoxy groups -OCH3 is 1. The van der Waals surface area contributed by atoms with E-state index in [9.17, 15) is 12.8 Å². The summed E-state index contributed by atoms with van der Waals surface area (Å²) in [6, 6.07) is 10.7. The average molecular weight is 394 g/mol. The SMILES string of the molecule is COc1cc(F)cc(-c2ccc(S(=O)(=O)NCCN3CCOCC3)cc2)c1. The lowest BCUT2D eigenvalue weighted by Gasteiger charge is -2.26. The van der Waals surface area contributed by atoms with Gasteiger partial charge in [0.2, 0.25) is 10.0 Å². The van der Waals surface area contributed by atoms with Gasteiger partial charge in [-0.05, 0) is 35.4 Å². The third kappa shape index (κ3) is 5.26. The topological polar surface area (TPSA) is 67.9 Å². The highest BCUT2D eigenvalue weighted by atomic mass is 32.2. The minimum atomic E-state index is -3.59. The van der Waals surface area contributed by atoms with Crippen molar-refractivity contribution in [1.29, 1.82) is 0 Å². The van der Waals surface area contributed by atoms with Gasteiger partial charge in [0.25, 0.3) is 0 Å². The summed E-state index contributed by atoms with van der Waals surface area (Å²) in [7, 11) is -2.12. The van der Waals surface area contributed by atoms with Gasteiger partial charge >= 0.3 is 0 Å². The molecule has 0 spiro atoms. The van der Waals surface area contributed by atoms with Crippen molar-refractivity contribution in [1.82, 2.24) is 9.62 Å². The molecule has 27 heavy (non-hydrogen) atoms. The molecule has 0 radical (unpaired) electrons. The summed E-state index contributed by atoms with van der Waals surface area (Å²) in [4.78, 5) is 2.34. The molecule has 1 saturated heterocycles. The molecule has 0 bridgehead atoms. The molecule has 1 aliphatic heterocycles. The number of ether oxygens (including phenoxy) is 2. The monoisotopic (exact) mass is 394 g/mol. The average Bonchev–Trinajstić information content (AvgIpc) is 2.68. The number of morpholine rings is 1. The first-order valence-corrected chi connectivity index (χ1v) is 10.2. The first-order chi connectivity index (χ1) is 13.0. The molecule has 1 fully saturated rings. The Balaban J connectivity index is 1.65. The lowest BCUT2D eigenvalue weighted by Crippen LogP contribution is -2.41. The van der Waals surface area contributed by atoms with Crippen LogP contribution in [0.25, 0.3) is 11.1 Å². The van der Waals surface area contributed by atoms with E-state index in [1.54, 1.807) is 18.2 Å². The molecular weight excluding hydrogens is 371 g/mol. The molecule has 2 aromatic carbocycles. The Morgan fingerprint density at radius 1 is 1.11 bits per heavy atom. The number of halogens is 1. The van der Waals surface area contributed by atoms with Crippen molar-refractivity contribution in [3.63, 3.8) is 0 Å². The van der Waals surface area contributed by atoms with E-state index in [0.29, 0.717) is 43.2 Å². The maximum absolute atomic E-state index is 13.7. The van der Waals surface area contributed by atoms with E-state index in [-0.39, 0.29) is 4.90 Å². The number of nitrogens with one attached hydrogen (secondary N) is 1. The maximum atomic E-state index is 13.7. The van der Waals surface area contributed by atoms with Crippen molar-refractivity contribution in [2.75, 3.05) is 46.5 Å². The van der Waals surface area contributed by atoms with Gasteiger partial charge in [0, 0.05) is 32.2 Å². The zero-order chi connectivity index (χ0) is 19.3. The molecule has 0 saturated carbocycles. The van der Waals surface area contributed by atoms with E-state index in [1.165, 1.54) is 31.4 Å². The molecule has 0 amide bonds. The Bertz CT molecular complexity index is 866. The highest BCUT2D eigenvalue weighted by Crippen LogP contribution is 2.26. The van der Waals surface area contributed by atoms with E-state index in [4.69, 9.17) is 9.47 Å². The highest BCUT2D eigenvalue weighted by molar-refractivity contribution is 7.89. The van der Waals surface area contributed by atoms with Gasteiger partial charge in [-0.3, -0.25) is 4.90 Å². The molecule has 1 heterocycles. The van der Waals surface area contributed by atoms with E-state index < -0.39 is 15.8 Å². The summed E-state index contributed by atoms with van der Waals surface area (Å²) < 4.78 is 51.5. The van der Waals surface area contributed by atoms with Crippen molar-refractivity contribution < 1.29 is 22.3 Å². The van der Waals surface area contributed by atoms with Gasteiger partial charge in [0.15, 0.2) is 0 Å². The van der Waals surface area contributed by atoms with E-state index >= 15 is 0 Å². The van der Waals surface area contributed by atoms with Gasteiger partial charge in [0.1, 0.15) is 11.6 Å². The van der Waals surface area contributed by atoms with Gasteiger partial charge in [-0.25, -0.2) is 17.5 Å². The fourth-order valence-electron chi connectivity index (χ4n) is 2.92. The number of hydrogen-bond acceptors (Lipinski definition) is 5. The molecule has 146 valence electrons. The third-order valence-electron chi connectivity index (χ3n) is 4.43. The molecule has 3 rings (SSSR count). The van der Waals surface area contributed by atoms with Crippen molar-refractivity contribution in [3.05, 3.63) is 48.3 Å². The summed E-state index contributed by atoms with van der Waals surface area (Å²) in [6.45, 7) is 3.97. The van der Waals surface area contributed by atoms with Crippen LogP contribution in [0.4, 0.5) is 4.39 Å². The van der Waals surface area contributed by atoms with Crippen LogP contribution in [0.2, 0.25) is 0 Å². The second kappa shape index (κ2) is 8.79. The number of nitrogens with zero attached hydrogens (tertiary/aromatic N) is 1. The Kier molecular flexibility index (Phi) is 6.43. The zero-order valence-corrected chi connectivity index (χ0v) is 16.0. The maximum Gasteiger partial charge on any atom is 0.240 e. The fourth-order valence-corrected chi connectivity index (χ4v) is 3.94. The van der Waals surface area contributed by atoms with Crippen molar-refractivity contribution in [2.45, 2.75) is 4.90 Å². The lowest BCUT2D eigenvalue weighted by atomic mass is 10.1. The number of sulfonamides is 1. The Labute approximate surface area is 159 Å². The molecule has 8 heteroatoms. The van der Waals surface area contributed by atoms with Crippen LogP contribution in [0.15, 0.2) is 47.4 Å². The largest absolute Gasteiger partial charge is 0.497 e. The van der Waals surface area contributed by atoms with Gasteiger partial charge in [-0.1, -0.05) is 12.1 Å². The second-order valence-electron chi connectivity index (χ2n) is 6.26. The third-order valence-corrected chi connectivity index (χ3v) is 5.91. The van der Waals surface area contributed by atoms with Crippen LogP contribution in [0.3, 0.4) is 0 Å². The van der Waals surface area contributed by atoms with Crippen molar-refractivity contribution in [2.24, 2.45) is 0 Å². The predicted octanol–water partition coefficient (Wildman–Crippen LogP) is 2.11. The number of benzene rings is 2. The molecule has 6 nitrogen and oxygen atoms in total. The van der Waals surface area contributed by atoms with E-state index in [2.05, 4.69) is 9.62 Å². The van der Waals surface area contributed by atoms with Crippen LogP contribution in [-0.2, 0) is 14.8 Å². The Hall–Kier alpha value is -2.00. The van der Waals surface area contributed by atoms with Crippen molar-refractivity contribution in [3.8, 4) is 16.9 Å². The summed E-state index contributed by atoms with van der Waals surface area (Å²) in [5, 5.41) is 0. The summed E-state index contributed by atoms with van der Waals surface area (Å²) in [5.74, 6) is -0.00250. The molecule has 0 aromatic heterocycles. The smallest absolute Gasteiger partial charge is 0.240 e. The Morgan fingerprint density at radius 3 is 2.48 bits per heavy atom. The molecule has 1 aliphatic rings. The van der Waals surface area contributed by atoms with Crippen LogP contribution < -0.4 is 9.46 Å². The van der Waals surface area contributed by atoms with Crippen LogP contribution in [0, 0.1) is 5.82 Å². The summed E-state index contributed by atoms with van der Waals surface area (Å²) >= 11 is 0. The van der Waals surface area contributed by atoms with Crippen molar-refractivity contribution >= 4 is 10.0 Å². The molecule has 0 aliphatic carbocycles. The quantitative estimate of drug-likeness (QED) is 0.779. The van der Waals surface area contributed by atoms with Gasteiger partial charge in [-0.2, -0.15) is 0 Å². The van der Waals surface area contributed by atoms with Gasteiger partial charge in [0.05, 0.1) is 25.2 Å². The minimum Gasteiger partial charge on any atom is -0.497 e. The fraction of sp³-hybridized carbons (Fsp3) is 0.368. The highest BCUT2D eigenvalue weighted by Gasteiger charge is 2.16. The molecule has 0 atom stereocenters. The van der Waals surface area contributed by atoms with Gasteiger partial charge in [-0.15, -0.1) is 0 Å². The normalized spacial score (nSPS) is 15.6. The summed E-state index contributed by atoms with van der Waals surface area (Å²) in [5.41, 5.74) is 1.33. The Morgan fingerprint density at radius 2 is 1.81 bits per heavy atom. The predicted molar refractivity (Wildman–Crippen MR) is 101 cm³/mol. The van der Waals surface area contributed by atoms with Crippen LogP contribution >= 0.6 is 0 Å². The summed E-state index contributed by atoms with van der Waals surface area (Å²) in [6.07, 6.45) is 0. The first kappa shape index (κ1) is 19.8. The molecule has 2 aromatic rings. The first-order valence-electron chi connectivity index (χ1n) is 8.73. The molecular formula is C19H23FN2O4S. The van der Waals surface area contributed by atoms with Crippen LogP contribution in [-0.4, -0.2) is 59.8 Å². The van der Waals surface area contributed by atoms with Crippen LogP contribution in [0.5, 0.6) is 5.75 Å². The van der Waals surface area contributed by atoms with Crippen LogP contribution in [0.1, 0.15) is 0 Å². The number of rotatable bonds is 7.